The Bertz CT molecular complexity index is 472. The van der Waals surface area contributed by atoms with Gasteiger partial charge in [-0.25, -0.2) is 8.78 Å². The van der Waals surface area contributed by atoms with Crippen LogP contribution in [0.4, 0.5) is 14.5 Å². The molecule has 1 saturated carbocycles. The monoisotopic (exact) mass is 294 g/mol. The molecule has 1 aromatic rings. The highest BCUT2D eigenvalue weighted by molar-refractivity contribution is 5.45. The highest BCUT2D eigenvalue weighted by Crippen LogP contribution is 2.33. The molecule has 2 fully saturated rings. The minimum Gasteiger partial charge on any atom is -0.380 e. The summed E-state index contributed by atoms with van der Waals surface area (Å²) in [4.78, 5) is 0. The van der Waals surface area contributed by atoms with Gasteiger partial charge in [-0.15, -0.1) is 0 Å². The number of rotatable bonds is 3. The van der Waals surface area contributed by atoms with E-state index in [0.29, 0.717) is 17.6 Å². The van der Waals surface area contributed by atoms with E-state index in [9.17, 15) is 8.78 Å². The summed E-state index contributed by atoms with van der Waals surface area (Å²) in [5.41, 5.74) is 0.434. The number of hydrogen-bond donors (Lipinski definition) is 2. The molecular formula is C17H24F2N2. The lowest BCUT2D eigenvalue weighted by Crippen LogP contribution is -2.48. The topological polar surface area (TPSA) is 24.1 Å². The fraction of sp³-hybridized carbons (Fsp3) is 0.647. The van der Waals surface area contributed by atoms with Gasteiger partial charge in [-0.2, -0.15) is 0 Å². The molecule has 21 heavy (non-hydrogen) atoms. The van der Waals surface area contributed by atoms with Gasteiger partial charge in [0.2, 0.25) is 0 Å². The lowest BCUT2D eigenvalue weighted by atomic mass is 9.77. The van der Waals surface area contributed by atoms with E-state index in [1.165, 1.54) is 50.7 Å². The third-order valence-electron chi connectivity index (χ3n) is 4.96. The molecule has 3 unspecified atom stereocenters. The third kappa shape index (κ3) is 3.54. The summed E-state index contributed by atoms with van der Waals surface area (Å²) in [7, 11) is 0. The summed E-state index contributed by atoms with van der Waals surface area (Å²) in [6.45, 7) is 1.10. The maximum absolute atomic E-state index is 13.9. The summed E-state index contributed by atoms with van der Waals surface area (Å²) in [5, 5.41) is 6.98. The van der Waals surface area contributed by atoms with Crippen LogP contribution < -0.4 is 10.6 Å². The van der Waals surface area contributed by atoms with Crippen LogP contribution in [0.2, 0.25) is 0 Å². The largest absolute Gasteiger partial charge is 0.380 e. The van der Waals surface area contributed by atoms with E-state index in [4.69, 9.17) is 0 Å². The Kier molecular flexibility index (Phi) is 4.73. The summed E-state index contributed by atoms with van der Waals surface area (Å²) in [6.07, 6.45) is 8.46. The smallest absolute Gasteiger partial charge is 0.149 e. The lowest BCUT2D eigenvalue weighted by molar-refractivity contribution is 0.217. The van der Waals surface area contributed by atoms with Gasteiger partial charge in [0.25, 0.3) is 0 Å². The van der Waals surface area contributed by atoms with E-state index >= 15 is 0 Å². The Morgan fingerprint density at radius 3 is 2.57 bits per heavy atom. The molecule has 3 rings (SSSR count). The first-order valence-corrected chi connectivity index (χ1v) is 8.19. The van der Waals surface area contributed by atoms with Crippen molar-refractivity contribution in [3.05, 3.63) is 29.8 Å². The molecular weight excluding hydrogens is 270 g/mol. The molecule has 2 nitrogen and oxygen atoms in total. The first kappa shape index (κ1) is 14.8. The summed E-state index contributed by atoms with van der Waals surface area (Å²) >= 11 is 0. The highest BCUT2D eigenvalue weighted by Gasteiger charge is 2.32. The van der Waals surface area contributed by atoms with Crippen molar-refractivity contribution in [2.24, 2.45) is 5.92 Å². The summed E-state index contributed by atoms with van der Waals surface area (Å²) < 4.78 is 26.9. The molecule has 0 aromatic heterocycles. The van der Waals surface area contributed by atoms with Gasteiger partial charge in [0, 0.05) is 18.2 Å². The van der Waals surface area contributed by atoms with Crippen LogP contribution in [-0.4, -0.2) is 18.6 Å². The van der Waals surface area contributed by atoms with Crippen LogP contribution in [0.3, 0.4) is 0 Å². The van der Waals surface area contributed by atoms with Gasteiger partial charge >= 0.3 is 0 Å². The fourth-order valence-corrected chi connectivity index (χ4v) is 3.87. The van der Waals surface area contributed by atoms with Crippen LogP contribution >= 0.6 is 0 Å². The van der Waals surface area contributed by atoms with Crippen LogP contribution in [-0.2, 0) is 0 Å². The van der Waals surface area contributed by atoms with Crippen LogP contribution in [0.25, 0.3) is 0 Å². The molecule has 1 aliphatic carbocycles. The maximum Gasteiger partial charge on any atom is 0.149 e. The van der Waals surface area contributed by atoms with Crippen LogP contribution in [0.15, 0.2) is 18.2 Å². The molecule has 116 valence electrons. The molecule has 1 heterocycles. The molecule has 0 amide bonds. The van der Waals surface area contributed by atoms with Crippen LogP contribution in [0.1, 0.15) is 44.9 Å². The van der Waals surface area contributed by atoms with Crippen LogP contribution in [0.5, 0.6) is 0 Å². The van der Waals surface area contributed by atoms with Gasteiger partial charge in [-0.3, -0.25) is 0 Å². The number of benzene rings is 1. The molecule has 4 heteroatoms. The molecule has 0 bridgehead atoms. The van der Waals surface area contributed by atoms with E-state index in [-0.39, 0.29) is 6.04 Å². The minimum atomic E-state index is -0.521. The molecule has 1 saturated heterocycles. The minimum absolute atomic E-state index is 0.286. The van der Waals surface area contributed by atoms with Gasteiger partial charge in [0.05, 0.1) is 5.69 Å². The third-order valence-corrected chi connectivity index (χ3v) is 4.96. The van der Waals surface area contributed by atoms with Gasteiger partial charge in [-0.1, -0.05) is 19.3 Å². The second-order valence-corrected chi connectivity index (χ2v) is 6.38. The number of halogens is 2. The maximum atomic E-state index is 13.9. The van der Waals surface area contributed by atoms with Gasteiger partial charge < -0.3 is 10.6 Å². The normalized spacial score (nSPS) is 30.1. The zero-order valence-electron chi connectivity index (χ0n) is 12.4. The van der Waals surface area contributed by atoms with Crippen molar-refractivity contribution < 1.29 is 8.78 Å². The first-order chi connectivity index (χ1) is 10.2. The summed E-state index contributed by atoms with van der Waals surface area (Å²) in [6, 6.07) is 4.63. The van der Waals surface area contributed by atoms with Crippen molar-refractivity contribution in [1.82, 2.24) is 5.32 Å². The van der Waals surface area contributed by atoms with Gasteiger partial charge in [0.15, 0.2) is 0 Å². The standard InChI is InChI=1S/C17H24F2N2/c18-12-8-9-17(14(19)11-12)21-16-7-2-1-5-13(16)15-6-3-4-10-20-15/h8-9,11,13,15-16,20-21H,1-7,10H2. The summed E-state index contributed by atoms with van der Waals surface area (Å²) in [5.74, 6) is -0.466. The average Bonchev–Trinajstić information content (AvgIpc) is 2.51. The predicted octanol–water partition coefficient (Wildman–Crippen LogP) is 4.08. The van der Waals surface area contributed by atoms with Gasteiger partial charge in [-0.05, 0) is 50.3 Å². The van der Waals surface area contributed by atoms with E-state index < -0.39 is 11.6 Å². The number of nitrogens with one attached hydrogen (secondary N) is 2. The molecule has 1 aliphatic heterocycles. The van der Waals surface area contributed by atoms with Crippen molar-refractivity contribution in [2.45, 2.75) is 57.0 Å². The van der Waals surface area contributed by atoms with Crippen molar-refractivity contribution in [3.8, 4) is 0 Å². The fourth-order valence-electron chi connectivity index (χ4n) is 3.87. The second-order valence-electron chi connectivity index (χ2n) is 6.38. The number of piperidine rings is 1. The first-order valence-electron chi connectivity index (χ1n) is 8.19. The number of anilines is 1. The molecule has 2 aliphatic rings. The zero-order valence-corrected chi connectivity index (χ0v) is 12.4. The lowest BCUT2D eigenvalue weighted by Gasteiger charge is -2.40. The van der Waals surface area contributed by atoms with Gasteiger partial charge in [0.1, 0.15) is 11.6 Å². The molecule has 2 N–H and O–H groups in total. The van der Waals surface area contributed by atoms with E-state index in [0.717, 1.165) is 19.0 Å². The Labute approximate surface area is 125 Å². The quantitative estimate of drug-likeness (QED) is 0.878. The average molecular weight is 294 g/mol. The highest BCUT2D eigenvalue weighted by atomic mass is 19.1. The van der Waals surface area contributed by atoms with E-state index in [2.05, 4.69) is 10.6 Å². The molecule has 0 spiro atoms. The van der Waals surface area contributed by atoms with Crippen LogP contribution in [0, 0.1) is 17.6 Å². The van der Waals surface area contributed by atoms with E-state index in [1.54, 1.807) is 0 Å². The predicted molar refractivity (Wildman–Crippen MR) is 81.4 cm³/mol. The Hall–Kier alpha value is -1.16. The van der Waals surface area contributed by atoms with Crippen molar-refractivity contribution in [1.29, 1.82) is 0 Å². The Balaban J connectivity index is 1.71. The van der Waals surface area contributed by atoms with Crippen molar-refractivity contribution in [2.75, 3.05) is 11.9 Å². The van der Waals surface area contributed by atoms with E-state index in [1.807, 2.05) is 0 Å². The Morgan fingerprint density at radius 2 is 1.81 bits per heavy atom. The molecule has 3 atom stereocenters. The van der Waals surface area contributed by atoms with Crippen molar-refractivity contribution >= 4 is 5.69 Å². The Morgan fingerprint density at radius 1 is 1.00 bits per heavy atom. The number of hydrogen-bond acceptors (Lipinski definition) is 2. The molecule has 0 radical (unpaired) electrons. The van der Waals surface area contributed by atoms with Crippen molar-refractivity contribution in [3.63, 3.8) is 0 Å². The zero-order chi connectivity index (χ0) is 14.7. The second kappa shape index (κ2) is 6.73. The SMILES string of the molecule is Fc1ccc(NC2CCCCC2C2CCCCN2)c(F)c1. The molecule has 1 aromatic carbocycles.